The molecule has 1 aromatic carbocycles. The number of benzene rings is 1. The predicted octanol–water partition coefficient (Wildman–Crippen LogP) is 2.28. The van der Waals surface area contributed by atoms with E-state index in [0.29, 0.717) is 22.1 Å². The van der Waals surface area contributed by atoms with Gasteiger partial charge >= 0.3 is 5.97 Å². The molecule has 0 unspecified atom stereocenters. The summed E-state index contributed by atoms with van der Waals surface area (Å²) in [6, 6.07) is 4.62. The van der Waals surface area contributed by atoms with Crippen molar-refractivity contribution in [3.8, 4) is 0 Å². The molecule has 20 heavy (non-hydrogen) atoms. The van der Waals surface area contributed by atoms with Gasteiger partial charge in [-0.15, -0.1) is 0 Å². The second kappa shape index (κ2) is 6.38. The van der Waals surface area contributed by atoms with E-state index in [1.165, 1.54) is 12.4 Å². The molecule has 0 saturated carbocycles. The summed E-state index contributed by atoms with van der Waals surface area (Å²) in [5, 5.41) is 4.39. The molecule has 1 aromatic heterocycles. The van der Waals surface area contributed by atoms with Crippen LogP contribution in [0.4, 0.5) is 5.69 Å². The first kappa shape index (κ1) is 14.3. The van der Waals surface area contributed by atoms with E-state index < -0.39 is 5.97 Å². The van der Waals surface area contributed by atoms with Crippen molar-refractivity contribution in [1.29, 1.82) is 0 Å². The third-order valence-electron chi connectivity index (χ3n) is 2.70. The summed E-state index contributed by atoms with van der Waals surface area (Å²) in [4.78, 5) is 16.0. The molecule has 0 fully saturated rings. The molecular formula is C13H15ClN4O2. The fraction of sp³-hybridized carbons (Fsp3) is 0.308. The third-order valence-corrected chi connectivity index (χ3v) is 3.03. The summed E-state index contributed by atoms with van der Waals surface area (Å²) in [5.74, 6) is 0.139. The number of carbonyl (C=O) groups excluding carboxylic acids is 1. The van der Waals surface area contributed by atoms with Crippen LogP contribution in [0.2, 0.25) is 5.02 Å². The highest BCUT2D eigenvalue weighted by molar-refractivity contribution is 6.33. The number of hydrogen-bond donors (Lipinski definition) is 1. The van der Waals surface area contributed by atoms with Crippen LogP contribution >= 0.6 is 11.6 Å². The normalized spacial score (nSPS) is 10.5. The average molecular weight is 295 g/mol. The quantitative estimate of drug-likeness (QED) is 0.675. The number of nitrogens with two attached hydrogens (primary N) is 1. The first-order valence-electron chi connectivity index (χ1n) is 6.20. The van der Waals surface area contributed by atoms with E-state index in [4.69, 9.17) is 22.1 Å². The van der Waals surface area contributed by atoms with Crippen molar-refractivity contribution >= 4 is 23.3 Å². The molecular weight excluding hydrogens is 280 g/mol. The van der Waals surface area contributed by atoms with Crippen molar-refractivity contribution in [1.82, 2.24) is 14.8 Å². The SMILES string of the molecule is CCCn1ncnc1COC(=O)c1ccc(N)c(Cl)c1. The number of nitrogen functional groups attached to an aromatic ring is 1. The van der Waals surface area contributed by atoms with E-state index in [9.17, 15) is 4.79 Å². The Hall–Kier alpha value is -2.08. The molecule has 0 amide bonds. The van der Waals surface area contributed by atoms with Gasteiger partial charge in [-0.25, -0.2) is 14.5 Å². The van der Waals surface area contributed by atoms with Crippen molar-refractivity contribution in [2.75, 3.05) is 5.73 Å². The van der Waals surface area contributed by atoms with Crippen LogP contribution in [0.5, 0.6) is 0 Å². The van der Waals surface area contributed by atoms with Crippen LogP contribution in [-0.4, -0.2) is 20.7 Å². The molecule has 0 aliphatic carbocycles. The highest BCUT2D eigenvalue weighted by Crippen LogP contribution is 2.20. The van der Waals surface area contributed by atoms with Crippen molar-refractivity contribution in [2.45, 2.75) is 26.5 Å². The van der Waals surface area contributed by atoms with E-state index in [1.807, 2.05) is 6.92 Å². The standard InChI is InChI=1S/C13H15ClN4O2/c1-2-5-18-12(16-8-17-18)7-20-13(19)9-3-4-11(15)10(14)6-9/h3-4,6,8H,2,5,7,15H2,1H3. The molecule has 2 rings (SSSR count). The molecule has 0 aliphatic rings. The van der Waals surface area contributed by atoms with Crippen molar-refractivity contribution in [3.05, 3.63) is 40.9 Å². The fourth-order valence-corrected chi connectivity index (χ4v) is 1.85. The molecule has 1 heterocycles. The first-order valence-corrected chi connectivity index (χ1v) is 6.58. The number of hydrogen-bond acceptors (Lipinski definition) is 5. The van der Waals surface area contributed by atoms with Crippen molar-refractivity contribution < 1.29 is 9.53 Å². The van der Waals surface area contributed by atoms with Crippen LogP contribution in [0.1, 0.15) is 29.5 Å². The van der Waals surface area contributed by atoms with E-state index in [-0.39, 0.29) is 6.61 Å². The number of aryl methyl sites for hydroxylation is 1. The van der Waals surface area contributed by atoms with Crippen molar-refractivity contribution in [3.63, 3.8) is 0 Å². The van der Waals surface area contributed by atoms with Gasteiger partial charge in [0, 0.05) is 6.54 Å². The molecule has 6 nitrogen and oxygen atoms in total. The molecule has 0 spiro atoms. The Morgan fingerprint density at radius 3 is 3.00 bits per heavy atom. The first-order chi connectivity index (χ1) is 9.61. The van der Waals surface area contributed by atoms with E-state index in [0.717, 1.165) is 13.0 Å². The monoisotopic (exact) mass is 294 g/mol. The highest BCUT2D eigenvalue weighted by atomic mass is 35.5. The largest absolute Gasteiger partial charge is 0.454 e. The minimum Gasteiger partial charge on any atom is -0.454 e. The number of rotatable bonds is 5. The van der Waals surface area contributed by atoms with Gasteiger partial charge in [0.1, 0.15) is 6.33 Å². The zero-order chi connectivity index (χ0) is 14.5. The van der Waals surface area contributed by atoms with Gasteiger partial charge in [0.25, 0.3) is 0 Å². The number of halogens is 1. The van der Waals surface area contributed by atoms with E-state index >= 15 is 0 Å². The van der Waals surface area contributed by atoms with Gasteiger partial charge in [0.2, 0.25) is 0 Å². The Kier molecular flexibility index (Phi) is 4.57. The Bertz CT molecular complexity index is 612. The van der Waals surface area contributed by atoms with Crippen LogP contribution in [0.3, 0.4) is 0 Å². The summed E-state index contributed by atoms with van der Waals surface area (Å²) in [6.07, 6.45) is 2.37. The van der Waals surface area contributed by atoms with Gasteiger partial charge in [-0.05, 0) is 24.6 Å². The number of esters is 1. The number of aromatic nitrogens is 3. The Labute approximate surface area is 121 Å². The zero-order valence-corrected chi connectivity index (χ0v) is 11.8. The van der Waals surface area contributed by atoms with Gasteiger partial charge in [-0.3, -0.25) is 0 Å². The maximum absolute atomic E-state index is 11.9. The summed E-state index contributed by atoms with van der Waals surface area (Å²) < 4.78 is 6.90. The maximum atomic E-state index is 11.9. The van der Waals surface area contributed by atoms with Crippen LogP contribution < -0.4 is 5.73 Å². The van der Waals surface area contributed by atoms with E-state index in [2.05, 4.69) is 10.1 Å². The highest BCUT2D eigenvalue weighted by Gasteiger charge is 2.11. The maximum Gasteiger partial charge on any atom is 0.338 e. The molecule has 2 N–H and O–H groups in total. The Balaban J connectivity index is 2.01. The van der Waals surface area contributed by atoms with Crippen molar-refractivity contribution in [2.24, 2.45) is 0 Å². The summed E-state index contributed by atoms with van der Waals surface area (Å²) >= 11 is 5.86. The number of nitrogens with zero attached hydrogens (tertiary/aromatic N) is 3. The topological polar surface area (TPSA) is 83.0 Å². The Morgan fingerprint density at radius 1 is 1.50 bits per heavy atom. The number of ether oxygens (including phenoxy) is 1. The summed E-state index contributed by atoms with van der Waals surface area (Å²) in [6.45, 7) is 2.84. The number of carbonyl (C=O) groups is 1. The van der Waals surface area contributed by atoms with Crippen LogP contribution in [0, 0.1) is 0 Å². The van der Waals surface area contributed by atoms with Gasteiger partial charge in [0.05, 0.1) is 16.3 Å². The summed E-state index contributed by atoms with van der Waals surface area (Å²) in [5.41, 5.74) is 6.36. The van der Waals surface area contributed by atoms with Crippen LogP contribution in [0.25, 0.3) is 0 Å². The van der Waals surface area contributed by atoms with E-state index in [1.54, 1.807) is 16.8 Å². The lowest BCUT2D eigenvalue weighted by atomic mass is 10.2. The third kappa shape index (κ3) is 3.27. The van der Waals surface area contributed by atoms with Gasteiger partial charge < -0.3 is 10.5 Å². The zero-order valence-electron chi connectivity index (χ0n) is 11.0. The lowest BCUT2D eigenvalue weighted by molar-refractivity contribution is 0.0456. The van der Waals surface area contributed by atoms with Gasteiger partial charge in [-0.1, -0.05) is 18.5 Å². The lowest BCUT2D eigenvalue weighted by Gasteiger charge is -2.07. The average Bonchev–Trinajstić information content (AvgIpc) is 2.87. The Morgan fingerprint density at radius 2 is 2.30 bits per heavy atom. The van der Waals surface area contributed by atoms with Gasteiger partial charge in [0.15, 0.2) is 12.4 Å². The molecule has 0 atom stereocenters. The molecule has 2 aromatic rings. The minimum absolute atomic E-state index is 0.0703. The molecule has 0 radical (unpaired) electrons. The summed E-state index contributed by atoms with van der Waals surface area (Å²) in [7, 11) is 0. The molecule has 0 bridgehead atoms. The van der Waals surface area contributed by atoms with Crippen LogP contribution in [-0.2, 0) is 17.9 Å². The smallest absolute Gasteiger partial charge is 0.338 e. The second-order valence-electron chi connectivity index (χ2n) is 4.21. The minimum atomic E-state index is -0.474. The molecule has 106 valence electrons. The molecule has 7 heteroatoms. The predicted molar refractivity (Wildman–Crippen MR) is 75.3 cm³/mol. The molecule has 0 saturated heterocycles. The number of anilines is 1. The van der Waals surface area contributed by atoms with Crippen LogP contribution in [0.15, 0.2) is 24.5 Å². The second-order valence-corrected chi connectivity index (χ2v) is 4.62. The molecule has 0 aliphatic heterocycles. The lowest BCUT2D eigenvalue weighted by Crippen LogP contribution is -2.11. The van der Waals surface area contributed by atoms with Gasteiger partial charge in [-0.2, -0.15) is 5.10 Å². The fourth-order valence-electron chi connectivity index (χ4n) is 1.67.